The van der Waals surface area contributed by atoms with Crippen LogP contribution < -0.4 is 11.3 Å². The summed E-state index contributed by atoms with van der Waals surface area (Å²) in [5.74, 6) is -2.62. The number of carbonyl (C=O) groups is 1. The molecule has 4 nitrogen and oxygen atoms in total. The van der Waals surface area contributed by atoms with Crippen molar-refractivity contribution in [3.05, 3.63) is 80.8 Å². The highest BCUT2D eigenvalue weighted by Gasteiger charge is 2.24. The molecule has 0 aliphatic heterocycles. The summed E-state index contributed by atoms with van der Waals surface area (Å²) in [5.41, 5.74) is 5.17. The topological polar surface area (TPSA) is 76.0 Å². The number of benzene rings is 2. The zero-order valence-corrected chi connectivity index (χ0v) is 13.5. The molecule has 0 saturated carbocycles. The second kappa shape index (κ2) is 6.57. The summed E-state index contributed by atoms with van der Waals surface area (Å²) in [7, 11) is 0. The molecule has 0 spiro atoms. The van der Waals surface area contributed by atoms with Crippen LogP contribution in [0.2, 0.25) is 0 Å². The highest BCUT2D eigenvalue weighted by molar-refractivity contribution is 6.16. The average molecular weight is 342 g/mol. The number of nitrogens with two attached hydrogens (primary N) is 1. The lowest BCUT2D eigenvalue weighted by Crippen LogP contribution is -2.14. The summed E-state index contributed by atoms with van der Waals surface area (Å²) in [5, 5.41) is 0.629. The van der Waals surface area contributed by atoms with Crippen LogP contribution in [0.4, 0.5) is 8.78 Å². The van der Waals surface area contributed by atoms with Crippen LogP contribution in [0.15, 0.2) is 41.3 Å². The van der Waals surface area contributed by atoms with E-state index in [0.29, 0.717) is 17.4 Å². The molecule has 0 radical (unpaired) electrons. The number of halogens is 2. The third kappa shape index (κ3) is 2.85. The predicted octanol–water partition coefficient (Wildman–Crippen LogP) is 2.85. The summed E-state index contributed by atoms with van der Waals surface area (Å²) in [6.45, 7) is 1.74. The second-order valence-electron chi connectivity index (χ2n) is 5.77. The van der Waals surface area contributed by atoms with Gasteiger partial charge < -0.3 is 10.7 Å². The predicted molar refractivity (Wildman–Crippen MR) is 91.9 cm³/mol. The Bertz CT molecular complexity index is 1040. The Labute approximate surface area is 142 Å². The van der Waals surface area contributed by atoms with Crippen molar-refractivity contribution in [2.75, 3.05) is 6.54 Å². The van der Waals surface area contributed by atoms with Crippen molar-refractivity contribution in [1.82, 2.24) is 4.98 Å². The fourth-order valence-electron chi connectivity index (χ4n) is 2.94. The first-order valence-corrected chi connectivity index (χ1v) is 7.78. The van der Waals surface area contributed by atoms with E-state index in [9.17, 15) is 18.4 Å². The Balaban J connectivity index is 2.22. The highest BCUT2D eigenvalue weighted by Crippen LogP contribution is 2.26. The molecule has 128 valence electrons. The van der Waals surface area contributed by atoms with E-state index < -0.39 is 23.0 Å². The molecule has 1 aromatic heterocycles. The van der Waals surface area contributed by atoms with Crippen LogP contribution in [-0.4, -0.2) is 17.3 Å². The van der Waals surface area contributed by atoms with Crippen molar-refractivity contribution < 1.29 is 13.6 Å². The molecular formula is C19H16F2N2O2. The monoisotopic (exact) mass is 342 g/mol. The first-order chi connectivity index (χ1) is 12.0. The van der Waals surface area contributed by atoms with Crippen molar-refractivity contribution in [3.8, 4) is 0 Å². The number of hydrogen-bond donors (Lipinski definition) is 2. The van der Waals surface area contributed by atoms with E-state index in [-0.39, 0.29) is 28.6 Å². The molecule has 6 heteroatoms. The van der Waals surface area contributed by atoms with Crippen molar-refractivity contribution in [1.29, 1.82) is 0 Å². The molecule has 0 atom stereocenters. The average Bonchev–Trinajstić information content (AvgIpc) is 2.59. The molecule has 3 rings (SSSR count). The Hall–Kier alpha value is -2.86. The largest absolute Gasteiger partial charge is 0.330 e. The van der Waals surface area contributed by atoms with E-state index in [4.69, 9.17) is 5.73 Å². The molecule has 0 bridgehead atoms. The lowest BCUT2D eigenvalue weighted by Gasteiger charge is -2.12. The first kappa shape index (κ1) is 17.0. The van der Waals surface area contributed by atoms with Gasteiger partial charge in [0.2, 0.25) is 0 Å². The van der Waals surface area contributed by atoms with E-state index in [1.54, 1.807) is 6.07 Å². The van der Waals surface area contributed by atoms with Gasteiger partial charge in [0, 0.05) is 17.1 Å². The quantitative estimate of drug-likeness (QED) is 0.716. The lowest BCUT2D eigenvalue weighted by molar-refractivity contribution is 0.103. The fourth-order valence-corrected chi connectivity index (χ4v) is 2.94. The number of nitrogens with one attached hydrogen (secondary N) is 1. The minimum atomic E-state index is -0.932. The first-order valence-electron chi connectivity index (χ1n) is 7.78. The van der Waals surface area contributed by atoms with Crippen LogP contribution in [0.1, 0.15) is 27.0 Å². The molecule has 0 amide bonds. The van der Waals surface area contributed by atoms with Gasteiger partial charge in [-0.05, 0) is 54.6 Å². The van der Waals surface area contributed by atoms with E-state index >= 15 is 0 Å². The van der Waals surface area contributed by atoms with Crippen LogP contribution in [0.3, 0.4) is 0 Å². The maximum absolute atomic E-state index is 14.7. The van der Waals surface area contributed by atoms with Crippen molar-refractivity contribution in [3.63, 3.8) is 0 Å². The van der Waals surface area contributed by atoms with E-state index in [1.165, 1.54) is 31.3 Å². The number of hydrogen-bond acceptors (Lipinski definition) is 3. The summed E-state index contributed by atoms with van der Waals surface area (Å²) in [6, 6.07) is 7.20. The maximum Gasteiger partial charge on any atom is 0.255 e. The number of aromatic nitrogens is 1. The second-order valence-corrected chi connectivity index (χ2v) is 5.77. The SMILES string of the molecule is Cc1c(CCN)cc(F)c(C(=O)c2cccc3c(=O)[nH]ccc23)c1F. The molecule has 3 N–H and O–H groups in total. The third-order valence-electron chi connectivity index (χ3n) is 4.27. The molecule has 0 fully saturated rings. The Morgan fingerprint density at radius 2 is 1.96 bits per heavy atom. The standard InChI is InChI=1S/C19H16F2N2O2/c1-10-11(5-7-22)9-15(20)16(17(10)21)18(24)13-3-2-4-14-12(13)6-8-23-19(14)25/h2-4,6,8-9H,5,7,22H2,1H3,(H,23,25). The van der Waals surface area contributed by atoms with Gasteiger partial charge in [-0.1, -0.05) is 12.1 Å². The highest BCUT2D eigenvalue weighted by atomic mass is 19.1. The molecule has 0 aliphatic rings. The summed E-state index contributed by atoms with van der Waals surface area (Å²) >= 11 is 0. The summed E-state index contributed by atoms with van der Waals surface area (Å²) in [4.78, 5) is 27.2. The number of ketones is 1. The van der Waals surface area contributed by atoms with Gasteiger partial charge >= 0.3 is 0 Å². The van der Waals surface area contributed by atoms with Gasteiger partial charge in [-0.25, -0.2) is 8.78 Å². The molecule has 0 saturated heterocycles. The summed E-state index contributed by atoms with van der Waals surface area (Å²) in [6.07, 6.45) is 1.71. The van der Waals surface area contributed by atoms with Gasteiger partial charge in [-0.2, -0.15) is 0 Å². The number of rotatable bonds is 4. The fraction of sp³-hybridized carbons (Fsp3) is 0.158. The zero-order chi connectivity index (χ0) is 18.1. The van der Waals surface area contributed by atoms with Gasteiger partial charge in [-0.15, -0.1) is 0 Å². The number of H-pyrrole nitrogens is 1. The third-order valence-corrected chi connectivity index (χ3v) is 4.27. The van der Waals surface area contributed by atoms with Crippen molar-refractivity contribution in [2.45, 2.75) is 13.3 Å². The molecule has 3 aromatic rings. The lowest BCUT2D eigenvalue weighted by atomic mass is 9.93. The number of fused-ring (bicyclic) bond motifs is 1. The van der Waals surface area contributed by atoms with E-state index in [0.717, 1.165) is 6.07 Å². The van der Waals surface area contributed by atoms with E-state index in [2.05, 4.69) is 4.98 Å². The Kier molecular flexibility index (Phi) is 4.46. The van der Waals surface area contributed by atoms with Crippen molar-refractivity contribution in [2.24, 2.45) is 5.73 Å². The number of carbonyl (C=O) groups excluding carboxylic acids is 1. The van der Waals surface area contributed by atoms with Crippen LogP contribution >= 0.6 is 0 Å². The van der Waals surface area contributed by atoms with E-state index in [1.807, 2.05) is 0 Å². The summed E-state index contributed by atoms with van der Waals surface area (Å²) < 4.78 is 29.2. The smallest absolute Gasteiger partial charge is 0.255 e. The Morgan fingerprint density at radius 3 is 2.68 bits per heavy atom. The van der Waals surface area contributed by atoms with Gasteiger partial charge in [0.15, 0.2) is 5.78 Å². The molecule has 0 unspecified atom stereocenters. The number of aromatic amines is 1. The van der Waals surface area contributed by atoms with Gasteiger partial charge in [-0.3, -0.25) is 9.59 Å². The molecule has 25 heavy (non-hydrogen) atoms. The maximum atomic E-state index is 14.7. The minimum absolute atomic E-state index is 0.0763. The van der Waals surface area contributed by atoms with Crippen LogP contribution in [0.25, 0.3) is 10.8 Å². The molecular weight excluding hydrogens is 326 g/mol. The van der Waals surface area contributed by atoms with Crippen molar-refractivity contribution >= 4 is 16.6 Å². The minimum Gasteiger partial charge on any atom is -0.330 e. The molecule has 0 aliphatic carbocycles. The van der Waals surface area contributed by atoms with Gasteiger partial charge in [0.05, 0.1) is 5.56 Å². The van der Waals surface area contributed by atoms with Crippen LogP contribution in [0.5, 0.6) is 0 Å². The zero-order valence-electron chi connectivity index (χ0n) is 13.5. The van der Waals surface area contributed by atoms with Gasteiger partial charge in [0.25, 0.3) is 5.56 Å². The Morgan fingerprint density at radius 1 is 1.20 bits per heavy atom. The van der Waals surface area contributed by atoms with Crippen LogP contribution in [0, 0.1) is 18.6 Å². The molecule has 2 aromatic carbocycles. The number of pyridine rings is 1. The van der Waals surface area contributed by atoms with Crippen LogP contribution in [-0.2, 0) is 6.42 Å². The normalized spacial score (nSPS) is 11.0. The van der Waals surface area contributed by atoms with Gasteiger partial charge in [0.1, 0.15) is 11.6 Å². The molecule has 1 heterocycles.